The van der Waals surface area contributed by atoms with Crippen molar-refractivity contribution in [1.82, 2.24) is 10.2 Å². The lowest BCUT2D eigenvalue weighted by Gasteiger charge is -2.27. The van der Waals surface area contributed by atoms with E-state index >= 15 is 0 Å². The number of rotatable bonds is 9. The molecule has 0 radical (unpaired) electrons. The Hall–Kier alpha value is -0.200. The minimum atomic E-state index is -0.551. The number of nitrogens with zero attached hydrogens (tertiary/aromatic N) is 1. The second-order valence-corrected chi connectivity index (χ2v) is 4.85. The van der Waals surface area contributed by atoms with Gasteiger partial charge < -0.3 is 24.8 Å². The Balaban J connectivity index is 1.99. The Morgan fingerprint density at radius 2 is 2.18 bits per heavy atom. The lowest BCUT2D eigenvalue weighted by molar-refractivity contribution is 0.0176. The summed E-state index contributed by atoms with van der Waals surface area (Å²) in [7, 11) is 3.72. The van der Waals surface area contributed by atoms with E-state index < -0.39 is 5.60 Å². The Kier molecular flexibility index (Phi) is 6.99. The summed E-state index contributed by atoms with van der Waals surface area (Å²) in [6, 6.07) is 0. The highest BCUT2D eigenvalue weighted by Gasteiger charge is 2.31. The average molecular weight is 246 g/mol. The molecule has 1 unspecified atom stereocenters. The van der Waals surface area contributed by atoms with Crippen LogP contribution in [0.1, 0.15) is 12.8 Å². The third kappa shape index (κ3) is 6.33. The topological polar surface area (TPSA) is 54.0 Å². The van der Waals surface area contributed by atoms with E-state index in [-0.39, 0.29) is 0 Å². The van der Waals surface area contributed by atoms with Crippen molar-refractivity contribution in [3.63, 3.8) is 0 Å². The summed E-state index contributed by atoms with van der Waals surface area (Å²) in [5.74, 6) is 0. The van der Waals surface area contributed by atoms with Crippen LogP contribution in [0, 0.1) is 0 Å². The van der Waals surface area contributed by atoms with E-state index in [0.29, 0.717) is 19.7 Å². The van der Waals surface area contributed by atoms with E-state index in [1.807, 2.05) is 7.05 Å². The molecule has 5 nitrogen and oxygen atoms in total. The Morgan fingerprint density at radius 1 is 1.35 bits per heavy atom. The molecule has 1 atom stereocenters. The van der Waals surface area contributed by atoms with Crippen molar-refractivity contribution in [2.75, 3.05) is 60.2 Å². The molecule has 1 rings (SSSR count). The van der Waals surface area contributed by atoms with Crippen LogP contribution in [-0.2, 0) is 9.47 Å². The number of nitrogens with one attached hydrogen (secondary N) is 1. The van der Waals surface area contributed by atoms with Crippen LogP contribution in [0.5, 0.6) is 0 Å². The fourth-order valence-electron chi connectivity index (χ4n) is 2.07. The monoisotopic (exact) mass is 246 g/mol. The number of likely N-dealkylation sites (N-methyl/N-ethyl adjacent to an activating group) is 1. The number of methoxy groups -OCH3 is 1. The number of aliphatic hydroxyl groups is 1. The second-order valence-electron chi connectivity index (χ2n) is 4.85. The van der Waals surface area contributed by atoms with E-state index in [9.17, 15) is 5.11 Å². The minimum absolute atomic E-state index is 0.551. The van der Waals surface area contributed by atoms with E-state index in [2.05, 4.69) is 10.2 Å². The molecular weight excluding hydrogens is 220 g/mol. The second kappa shape index (κ2) is 8.00. The van der Waals surface area contributed by atoms with Crippen LogP contribution in [0.25, 0.3) is 0 Å². The van der Waals surface area contributed by atoms with Crippen LogP contribution in [0.15, 0.2) is 0 Å². The smallest absolute Gasteiger partial charge is 0.0909 e. The zero-order chi connectivity index (χ0) is 12.6. The van der Waals surface area contributed by atoms with Gasteiger partial charge in [0, 0.05) is 40.0 Å². The van der Waals surface area contributed by atoms with Gasteiger partial charge >= 0.3 is 0 Å². The number of hydrogen-bond donors (Lipinski definition) is 2. The molecule has 1 fully saturated rings. The van der Waals surface area contributed by atoms with Crippen LogP contribution in [0.2, 0.25) is 0 Å². The van der Waals surface area contributed by atoms with Gasteiger partial charge in [-0.15, -0.1) is 0 Å². The van der Waals surface area contributed by atoms with Gasteiger partial charge in [0.1, 0.15) is 0 Å². The molecule has 1 heterocycles. The standard InChI is InChI=1S/C12H26N2O3/c1-14(6-9-17-8-3-7-16-2)11-12(15)4-5-13-10-12/h13,15H,3-11H2,1-2H3. The molecular formula is C12H26N2O3. The zero-order valence-electron chi connectivity index (χ0n) is 11.1. The van der Waals surface area contributed by atoms with E-state index in [0.717, 1.165) is 39.1 Å². The highest BCUT2D eigenvalue weighted by Crippen LogP contribution is 2.14. The zero-order valence-corrected chi connectivity index (χ0v) is 11.1. The van der Waals surface area contributed by atoms with Crippen LogP contribution in [0.3, 0.4) is 0 Å². The summed E-state index contributed by atoms with van der Waals surface area (Å²) in [4.78, 5) is 2.13. The Bertz CT molecular complexity index is 196. The lowest BCUT2D eigenvalue weighted by atomic mass is 10.0. The third-order valence-corrected chi connectivity index (χ3v) is 3.04. The Labute approximate surface area is 104 Å². The first kappa shape index (κ1) is 14.9. The van der Waals surface area contributed by atoms with E-state index in [1.54, 1.807) is 7.11 Å². The van der Waals surface area contributed by atoms with Crippen molar-refractivity contribution in [1.29, 1.82) is 0 Å². The van der Waals surface area contributed by atoms with Gasteiger partial charge in [0.25, 0.3) is 0 Å². The van der Waals surface area contributed by atoms with Gasteiger partial charge in [-0.3, -0.25) is 0 Å². The summed E-state index contributed by atoms with van der Waals surface area (Å²) in [6.45, 7) is 5.39. The van der Waals surface area contributed by atoms with Crippen LogP contribution >= 0.6 is 0 Å². The molecule has 0 saturated carbocycles. The molecule has 1 aliphatic heterocycles. The maximum atomic E-state index is 10.2. The fraction of sp³-hybridized carbons (Fsp3) is 1.00. The van der Waals surface area contributed by atoms with Crippen molar-refractivity contribution in [3.05, 3.63) is 0 Å². The first-order chi connectivity index (χ1) is 8.16. The van der Waals surface area contributed by atoms with Gasteiger partial charge in [-0.1, -0.05) is 0 Å². The summed E-state index contributed by atoms with van der Waals surface area (Å²) >= 11 is 0. The van der Waals surface area contributed by atoms with Gasteiger partial charge in [-0.2, -0.15) is 0 Å². The molecule has 0 aromatic heterocycles. The van der Waals surface area contributed by atoms with Crippen molar-refractivity contribution in [2.45, 2.75) is 18.4 Å². The van der Waals surface area contributed by atoms with Gasteiger partial charge in [0.15, 0.2) is 0 Å². The summed E-state index contributed by atoms with van der Waals surface area (Å²) in [6.07, 6.45) is 1.78. The highest BCUT2D eigenvalue weighted by molar-refractivity contribution is 4.89. The minimum Gasteiger partial charge on any atom is -0.387 e. The summed E-state index contributed by atoms with van der Waals surface area (Å²) < 4.78 is 10.4. The van der Waals surface area contributed by atoms with Crippen LogP contribution in [-0.4, -0.2) is 75.8 Å². The van der Waals surface area contributed by atoms with Gasteiger partial charge in [-0.25, -0.2) is 0 Å². The first-order valence-electron chi connectivity index (χ1n) is 6.35. The summed E-state index contributed by atoms with van der Waals surface area (Å²) in [5, 5.41) is 13.4. The molecule has 1 saturated heterocycles. The third-order valence-electron chi connectivity index (χ3n) is 3.04. The first-order valence-corrected chi connectivity index (χ1v) is 6.35. The summed E-state index contributed by atoms with van der Waals surface area (Å²) in [5.41, 5.74) is -0.551. The molecule has 0 aliphatic carbocycles. The van der Waals surface area contributed by atoms with Crippen molar-refractivity contribution < 1.29 is 14.6 Å². The van der Waals surface area contributed by atoms with Crippen molar-refractivity contribution in [3.8, 4) is 0 Å². The maximum absolute atomic E-state index is 10.2. The van der Waals surface area contributed by atoms with E-state index in [1.165, 1.54) is 0 Å². The lowest BCUT2D eigenvalue weighted by Crippen LogP contribution is -2.44. The van der Waals surface area contributed by atoms with Crippen molar-refractivity contribution in [2.24, 2.45) is 0 Å². The van der Waals surface area contributed by atoms with Gasteiger partial charge in [0.05, 0.1) is 12.2 Å². The largest absolute Gasteiger partial charge is 0.387 e. The predicted molar refractivity (Wildman–Crippen MR) is 67.2 cm³/mol. The highest BCUT2D eigenvalue weighted by atomic mass is 16.5. The molecule has 0 aromatic carbocycles. The normalized spacial score (nSPS) is 24.7. The molecule has 0 spiro atoms. The fourth-order valence-corrected chi connectivity index (χ4v) is 2.07. The van der Waals surface area contributed by atoms with Gasteiger partial charge in [-0.05, 0) is 26.4 Å². The molecule has 5 heteroatoms. The molecule has 0 aromatic rings. The maximum Gasteiger partial charge on any atom is 0.0909 e. The molecule has 102 valence electrons. The van der Waals surface area contributed by atoms with E-state index in [4.69, 9.17) is 9.47 Å². The SMILES string of the molecule is COCCCOCCN(C)CC1(O)CCNC1. The van der Waals surface area contributed by atoms with Crippen molar-refractivity contribution >= 4 is 0 Å². The molecule has 0 bridgehead atoms. The number of hydrogen-bond acceptors (Lipinski definition) is 5. The van der Waals surface area contributed by atoms with Gasteiger partial charge in [0.2, 0.25) is 0 Å². The van der Waals surface area contributed by atoms with Crippen LogP contribution in [0.4, 0.5) is 0 Å². The molecule has 17 heavy (non-hydrogen) atoms. The Morgan fingerprint density at radius 3 is 2.82 bits per heavy atom. The molecule has 1 aliphatic rings. The number of ether oxygens (including phenoxy) is 2. The number of β-amino-alcohol motifs (C(OH)–C–C–N with tert-alkyl or cyclic N) is 1. The average Bonchev–Trinajstić information content (AvgIpc) is 2.70. The molecule has 0 amide bonds. The van der Waals surface area contributed by atoms with Crippen LogP contribution < -0.4 is 5.32 Å². The quantitative estimate of drug-likeness (QED) is 0.547. The predicted octanol–water partition coefficient (Wildman–Crippen LogP) is -0.304. The molecule has 2 N–H and O–H groups in total.